The summed E-state index contributed by atoms with van der Waals surface area (Å²) in [6.07, 6.45) is 2.97. The fourth-order valence-electron chi connectivity index (χ4n) is 1.95. The third kappa shape index (κ3) is 4.19. The van der Waals surface area contributed by atoms with E-state index in [1.807, 2.05) is 50.2 Å². The van der Waals surface area contributed by atoms with E-state index >= 15 is 0 Å². The molecule has 1 heterocycles. The molecule has 0 unspecified atom stereocenters. The monoisotopic (exact) mass is 269 g/mol. The smallest absolute Gasteiger partial charge is 0.163 e. The van der Waals surface area contributed by atoms with Gasteiger partial charge >= 0.3 is 0 Å². The van der Waals surface area contributed by atoms with Gasteiger partial charge in [0, 0.05) is 23.9 Å². The Morgan fingerprint density at radius 1 is 1.20 bits per heavy atom. The number of nitrogens with zero attached hydrogens (tertiary/aromatic N) is 1. The summed E-state index contributed by atoms with van der Waals surface area (Å²) < 4.78 is 5.60. The number of benzene rings is 1. The number of aryl methyl sites for hydroxylation is 1. The van der Waals surface area contributed by atoms with E-state index in [0.717, 1.165) is 11.4 Å². The predicted molar refractivity (Wildman–Crippen MR) is 79.1 cm³/mol. The number of aromatic nitrogens is 1. The third-order valence-corrected chi connectivity index (χ3v) is 2.86. The Bertz CT molecular complexity index is 564. The second-order valence-corrected chi connectivity index (χ2v) is 4.94. The first-order valence-corrected chi connectivity index (χ1v) is 6.85. The van der Waals surface area contributed by atoms with E-state index in [9.17, 15) is 4.79 Å². The highest BCUT2D eigenvalue weighted by Gasteiger charge is 2.08. The molecule has 0 amide bonds. The van der Waals surface area contributed by atoms with Crippen molar-refractivity contribution in [2.45, 2.75) is 32.8 Å². The molecule has 0 aliphatic carbocycles. The molecule has 2 rings (SSSR count). The van der Waals surface area contributed by atoms with Gasteiger partial charge in [-0.05, 0) is 44.5 Å². The molecule has 0 spiro atoms. The molecule has 0 bridgehead atoms. The van der Waals surface area contributed by atoms with Crippen LogP contribution >= 0.6 is 0 Å². The summed E-state index contributed by atoms with van der Waals surface area (Å²) in [4.78, 5) is 16.4. The Morgan fingerprint density at radius 3 is 2.75 bits per heavy atom. The van der Waals surface area contributed by atoms with Gasteiger partial charge < -0.3 is 4.74 Å². The van der Waals surface area contributed by atoms with E-state index in [2.05, 4.69) is 4.98 Å². The van der Waals surface area contributed by atoms with Crippen LogP contribution in [-0.2, 0) is 6.42 Å². The van der Waals surface area contributed by atoms with Gasteiger partial charge in [0.1, 0.15) is 5.75 Å². The number of hydrogen-bond acceptors (Lipinski definition) is 3. The second-order valence-electron chi connectivity index (χ2n) is 4.94. The van der Waals surface area contributed by atoms with Crippen molar-refractivity contribution in [3.63, 3.8) is 0 Å². The van der Waals surface area contributed by atoms with Gasteiger partial charge in [0.05, 0.1) is 6.10 Å². The summed E-state index contributed by atoms with van der Waals surface area (Å²) >= 11 is 0. The van der Waals surface area contributed by atoms with Gasteiger partial charge in [-0.1, -0.05) is 18.2 Å². The fraction of sp³-hybridized carbons (Fsp3) is 0.294. The van der Waals surface area contributed by atoms with E-state index < -0.39 is 0 Å². The lowest BCUT2D eigenvalue weighted by Gasteiger charge is -2.10. The van der Waals surface area contributed by atoms with Crippen molar-refractivity contribution in [1.29, 1.82) is 0 Å². The van der Waals surface area contributed by atoms with E-state index in [1.54, 1.807) is 12.3 Å². The van der Waals surface area contributed by atoms with Crippen LogP contribution in [0, 0.1) is 0 Å². The maximum absolute atomic E-state index is 12.2. The molecule has 0 radical (unpaired) electrons. The van der Waals surface area contributed by atoms with Gasteiger partial charge in [-0.3, -0.25) is 9.78 Å². The van der Waals surface area contributed by atoms with Crippen molar-refractivity contribution >= 4 is 5.78 Å². The third-order valence-electron chi connectivity index (χ3n) is 2.86. The van der Waals surface area contributed by atoms with Crippen LogP contribution in [0.25, 0.3) is 0 Å². The largest absolute Gasteiger partial charge is 0.491 e. The minimum atomic E-state index is 0.105. The standard InChI is InChI=1S/C17H19NO2/c1-13(2)20-16-8-5-6-14(12-16)17(19)10-9-15-7-3-4-11-18-15/h3-8,11-13H,9-10H2,1-2H3. The first-order valence-electron chi connectivity index (χ1n) is 6.85. The molecule has 0 atom stereocenters. The molecule has 0 saturated heterocycles. The number of carbonyl (C=O) groups is 1. The van der Waals surface area contributed by atoms with E-state index in [1.165, 1.54) is 0 Å². The Morgan fingerprint density at radius 2 is 2.05 bits per heavy atom. The minimum Gasteiger partial charge on any atom is -0.491 e. The molecule has 1 aromatic heterocycles. The summed E-state index contributed by atoms with van der Waals surface area (Å²) in [5.41, 5.74) is 1.63. The molecule has 0 aliphatic heterocycles. The molecule has 0 aliphatic rings. The molecule has 0 N–H and O–H groups in total. The van der Waals surface area contributed by atoms with Gasteiger partial charge in [0.15, 0.2) is 5.78 Å². The highest BCUT2D eigenvalue weighted by Crippen LogP contribution is 2.16. The summed E-state index contributed by atoms with van der Waals surface area (Å²) in [7, 11) is 0. The number of ketones is 1. The summed E-state index contributed by atoms with van der Waals surface area (Å²) in [6.45, 7) is 3.94. The number of hydrogen-bond donors (Lipinski definition) is 0. The molecule has 3 nitrogen and oxygen atoms in total. The Hall–Kier alpha value is -2.16. The van der Waals surface area contributed by atoms with Crippen LogP contribution in [0.5, 0.6) is 5.75 Å². The molecule has 2 aromatic rings. The quantitative estimate of drug-likeness (QED) is 0.751. The Kier molecular flexibility index (Phi) is 4.88. The summed E-state index contributed by atoms with van der Waals surface area (Å²) in [5, 5.41) is 0. The van der Waals surface area contributed by atoms with Gasteiger partial charge in [-0.15, -0.1) is 0 Å². The Balaban J connectivity index is 1.98. The second kappa shape index (κ2) is 6.85. The zero-order chi connectivity index (χ0) is 14.4. The molecule has 3 heteroatoms. The van der Waals surface area contributed by atoms with Crippen molar-refractivity contribution in [1.82, 2.24) is 4.98 Å². The van der Waals surface area contributed by atoms with Crippen LogP contribution in [0.3, 0.4) is 0 Å². The van der Waals surface area contributed by atoms with Crippen molar-refractivity contribution in [3.05, 3.63) is 59.9 Å². The molecule has 20 heavy (non-hydrogen) atoms. The number of pyridine rings is 1. The SMILES string of the molecule is CC(C)Oc1cccc(C(=O)CCc2ccccn2)c1. The highest BCUT2D eigenvalue weighted by molar-refractivity contribution is 5.96. The minimum absolute atomic E-state index is 0.105. The molecular weight excluding hydrogens is 250 g/mol. The lowest BCUT2D eigenvalue weighted by atomic mass is 10.0. The van der Waals surface area contributed by atoms with Crippen LogP contribution in [0.15, 0.2) is 48.7 Å². The van der Waals surface area contributed by atoms with E-state index in [0.29, 0.717) is 18.4 Å². The highest BCUT2D eigenvalue weighted by atomic mass is 16.5. The number of carbonyl (C=O) groups excluding carboxylic acids is 1. The van der Waals surface area contributed by atoms with Crippen LogP contribution in [0.4, 0.5) is 0 Å². The molecular formula is C17H19NO2. The number of ether oxygens (including phenoxy) is 1. The normalized spacial score (nSPS) is 10.6. The van der Waals surface area contributed by atoms with Crippen LogP contribution in [0.1, 0.15) is 36.3 Å². The van der Waals surface area contributed by atoms with Crippen molar-refractivity contribution in [2.75, 3.05) is 0 Å². The van der Waals surface area contributed by atoms with Crippen LogP contribution in [-0.4, -0.2) is 16.9 Å². The first-order chi connectivity index (χ1) is 9.65. The lowest BCUT2D eigenvalue weighted by molar-refractivity contribution is 0.0981. The van der Waals surface area contributed by atoms with Crippen molar-refractivity contribution in [3.8, 4) is 5.75 Å². The van der Waals surface area contributed by atoms with Crippen LogP contribution < -0.4 is 4.74 Å². The molecule has 0 saturated carbocycles. The lowest BCUT2D eigenvalue weighted by Crippen LogP contribution is -2.07. The average Bonchev–Trinajstić information content (AvgIpc) is 2.45. The van der Waals surface area contributed by atoms with Crippen LogP contribution in [0.2, 0.25) is 0 Å². The van der Waals surface area contributed by atoms with Crippen molar-refractivity contribution in [2.24, 2.45) is 0 Å². The van der Waals surface area contributed by atoms with E-state index in [4.69, 9.17) is 4.74 Å². The number of Topliss-reactive ketones (excluding diaryl/α,β-unsaturated/α-hetero) is 1. The first kappa shape index (κ1) is 14.3. The fourth-order valence-corrected chi connectivity index (χ4v) is 1.95. The zero-order valence-corrected chi connectivity index (χ0v) is 11.9. The average molecular weight is 269 g/mol. The maximum atomic E-state index is 12.2. The van der Waals surface area contributed by atoms with Crippen molar-refractivity contribution < 1.29 is 9.53 Å². The molecule has 104 valence electrons. The summed E-state index contributed by atoms with van der Waals surface area (Å²) in [6, 6.07) is 13.1. The zero-order valence-electron chi connectivity index (χ0n) is 11.9. The van der Waals surface area contributed by atoms with Gasteiger partial charge in [-0.2, -0.15) is 0 Å². The van der Waals surface area contributed by atoms with Gasteiger partial charge in [0.25, 0.3) is 0 Å². The molecule has 1 aromatic carbocycles. The topological polar surface area (TPSA) is 39.2 Å². The summed E-state index contributed by atoms with van der Waals surface area (Å²) in [5.74, 6) is 0.855. The van der Waals surface area contributed by atoms with E-state index in [-0.39, 0.29) is 11.9 Å². The molecule has 0 fully saturated rings. The van der Waals surface area contributed by atoms with Gasteiger partial charge in [-0.25, -0.2) is 0 Å². The maximum Gasteiger partial charge on any atom is 0.163 e. The number of rotatable bonds is 6. The predicted octanol–water partition coefficient (Wildman–Crippen LogP) is 3.68. The Labute approximate surface area is 119 Å². The van der Waals surface area contributed by atoms with Gasteiger partial charge in [0.2, 0.25) is 0 Å².